The van der Waals surface area contributed by atoms with Gasteiger partial charge >= 0.3 is 0 Å². The van der Waals surface area contributed by atoms with Gasteiger partial charge < -0.3 is 10.1 Å². The first kappa shape index (κ1) is 11.2. The molecule has 18 heavy (non-hydrogen) atoms. The zero-order chi connectivity index (χ0) is 12.4. The summed E-state index contributed by atoms with van der Waals surface area (Å²) in [6.07, 6.45) is 4.51. The Morgan fingerprint density at radius 3 is 3.11 bits per heavy atom. The molecule has 1 N–H and O–H groups in total. The number of rotatable bonds is 5. The van der Waals surface area contributed by atoms with Crippen LogP contribution in [0.4, 0.5) is 0 Å². The van der Waals surface area contributed by atoms with Gasteiger partial charge in [0.05, 0.1) is 24.7 Å². The fraction of sp³-hybridized carbons (Fsp3) is 0.385. The number of nitrogens with one attached hydrogen (secondary N) is 1. The Bertz CT molecular complexity index is 533. The number of methoxy groups -OCH3 is 1. The number of hydrogen-bond donors (Lipinski definition) is 1. The molecule has 0 radical (unpaired) electrons. The molecule has 0 amide bonds. The third-order valence-electron chi connectivity index (χ3n) is 3.01. The van der Waals surface area contributed by atoms with Gasteiger partial charge in [0.15, 0.2) is 0 Å². The summed E-state index contributed by atoms with van der Waals surface area (Å²) in [7, 11) is 1.66. The quantitative estimate of drug-likeness (QED) is 0.866. The van der Waals surface area contributed by atoms with E-state index in [0.29, 0.717) is 6.04 Å². The molecule has 2 aromatic rings. The molecule has 1 aliphatic carbocycles. The van der Waals surface area contributed by atoms with Crippen molar-refractivity contribution >= 4 is 0 Å². The Labute approximate surface area is 106 Å². The van der Waals surface area contributed by atoms with Crippen LogP contribution in [0.1, 0.15) is 18.5 Å². The van der Waals surface area contributed by atoms with Gasteiger partial charge in [-0.3, -0.25) is 0 Å². The third-order valence-corrected chi connectivity index (χ3v) is 3.01. The first-order valence-corrected chi connectivity index (χ1v) is 6.14. The standard InChI is InChI=1S/C13H16N4O/c1-18-13-4-2-3-12(7-13)17-9-11(15-16-17)8-14-10-5-6-10/h2-4,7,9-10,14H,5-6,8H2,1H3. The maximum atomic E-state index is 5.20. The van der Waals surface area contributed by atoms with Crippen LogP contribution >= 0.6 is 0 Å². The van der Waals surface area contributed by atoms with Gasteiger partial charge in [-0.2, -0.15) is 0 Å². The van der Waals surface area contributed by atoms with E-state index in [1.54, 1.807) is 11.8 Å². The molecule has 0 aliphatic heterocycles. The van der Waals surface area contributed by atoms with Crippen molar-refractivity contribution in [2.24, 2.45) is 0 Å². The van der Waals surface area contributed by atoms with Crippen molar-refractivity contribution in [3.63, 3.8) is 0 Å². The van der Waals surface area contributed by atoms with Crippen LogP contribution in [0, 0.1) is 0 Å². The fourth-order valence-electron chi connectivity index (χ4n) is 1.79. The van der Waals surface area contributed by atoms with Crippen LogP contribution < -0.4 is 10.1 Å². The van der Waals surface area contributed by atoms with Crippen molar-refractivity contribution in [1.29, 1.82) is 0 Å². The summed E-state index contributed by atoms with van der Waals surface area (Å²) in [4.78, 5) is 0. The van der Waals surface area contributed by atoms with E-state index in [2.05, 4.69) is 15.6 Å². The SMILES string of the molecule is COc1cccc(-n2cc(CNC3CC3)nn2)c1. The van der Waals surface area contributed by atoms with Crippen LogP contribution in [-0.2, 0) is 6.54 Å². The van der Waals surface area contributed by atoms with E-state index in [1.807, 2.05) is 30.5 Å². The molecule has 1 aromatic carbocycles. The minimum Gasteiger partial charge on any atom is -0.497 e. The first-order chi connectivity index (χ1) is 8.85. The van der Waals surface area contributed by atoms with E-state index in [-0.39, 0.29) is 0 Å². The highest BCUT2D eigenvalue weighted by atomic mass is 16.5. The summed E-state index contributed by atoms with van der Waals surface area (Å²) >= 11 is 0. The predicted octanol–water partition coefficient (Wildman–Crippen LogP) is 1.53. The van der Waals surface area contributed by atoms with Gasteiger partial charge in [0.1, 0.15) is 5.75 Å². The normalized spacial score (nSPS) is 14.7. The minimum atomic E-state index is 0.687. The lowest BCUT2D eigenvalue weighted by atomic mass is 10.3. The summed E-state index contributed by atoms with van der Waals surface area (Å²) in [5.41, 5.74) is 1.92. The lowest BCUT2D eigenvalue weighted by Crippen LogP contribution is -2.15. The molecule has 5 nitrogen and oxygen atoms in total. The van der Waals surface area contributed by atoms with Crippen LogP contribution in [0.15, 0.2) is 30.5 Å². The molecule has 1 saturated carbocycles. The van der Waals surface area contributed by atoms with Gasteiger partial charge in [0, 0.05) is 18.7 Å². The zero-order valence-electron chi connectivity index (χ0n) is 10.3. The molecule has 5 heteroatoms. The third kappa shape index (κ3) is 2.51. The maximum absolute atomic E-state index is 5.20. The van der Waals surface area contributed by atoms with Crippen molar-refractivity contribution in [2.45, 2.75) is 25.4 Å². The van der Waals surface area contributed by atoms with Crippen LogP contribution in [0.5, 0.6) is 5.75 Å². The number of nitrogens with zero attached hydrogens (tertiary/aromatic N) is 3. The molecule has 1 aliphatic rings. The Morgan fingerprint density at radius 1 is 1.44 bits per heavy atom. The summed E-state index contributed by atoms with van der Waals surface area (Å²) in [6, 6.07) is 8.46. The molecule has 1 heterocycles. The highest BCUT2D eigenvalue weighted by molar-refractivity contribution is 5.38. The molecule has 0 atom stereocenters. The molecular formula is C13H16N4O. The molecule has 3 rings (SSSR count). The van der Waals surface area contributed by atoms with E-state index in [0.717, 1.165) is 23.7 Å². The number of hydrogen-bond acceptors (Lipinski definition) is 4. The van der Waals surface area contributed by atoms with Crippen molar-refractivity contribution in [2.75, 3.05) is 7.11 Å². The second kappa shape index (κ2) is 4.78. The van der Waals surface area contributed by atoms with E-state index in [4.69, 9.17) is 4.74 Å². The van der Waals surface area contributed by atoms with Crippen LogP contribution in [0.2, 0.25) is 0 Å². The topological polar surface area (TPSA) is 52.0 Å². The number of ether oxygens (including phenoxy) is 1. The second-order valence-electron chi connectivity index (χ2n) is 4.51. The molecule has 0 spiro atoms. The van der Waals surface area contributed by atoms with Crippen molar-refractivity contribution in [3.05, 3.63) is 36.2 Å². The largest absolute Gasteiger partial charge is 0.497 e. The van der Waals surface area contributed by atoms with Crippen molar-refractivity contribution in [3.8, 4) is 11.4 Å². The highest BCUT2D eigenvalue weighted by Gasteiger charge is 2.20. The smallest absolute Gasteiger partial charge is 0.121 e. The minimum absolute atomic E-state index is 0.687. The lowest BCUT2D eigenvalue weighted by Gasteiger charge is -2.03. The van der Waals surface area contributed by atoms with Gasteiger partial charge in [-0.1, -0.05) is 11.3 Å². The molecular weight excluding hydrogens is 228 g/mol. The van der Waals surface area contributed by atoms with Gasteiger partial charge in [0.2, 0.25) is 0 Å². The highest BCUT2D eigenvalue weighted by Crippen LogP contribution is 2.19. The van der Waals surface area contributed by atoms with E-state index < -0.39 is 0 Å². The zero-order valence-corrected chi connectivity index (χ0v) is 10.3. The predicted molar refractivity (Wildman–Crippen MR) is 67.8 cm³/mol. The summed E-state index contributed by atoms with van der Waals surface area (Å²) in [5.74, 6) is 0.820. The summed E-state index contributed by atoms with van der Waals surface area (Å²) < 4.78 is 6.97. The van der Waals surface area contributed by atoms with E-state index in [9.17, 15) is 0 Å². The molecule has 0 saturated heterocycles. The van der Waals surface area contributed by atoms with Crippen LogP contribution in [0.3, 0.4) is 0 Å². The second-order valence-corrected chi connectivity index (χ2v) is 4.51. The first-order valence-electron chi connectivity index (χ1n) is 6.14. The summed E-state index contributed by atoms with van der Waals surface area (Å²) in [6.45, 7) is 0.786. The average Bonchev–Trinajstić information content (AvgIpc) is 3.13. The molecule has 0 unspecified atom stereocenters. The Hall–Kier alpha value is -1.88. The fourth-order valence-corrected chi connectivity index (χ4v) is 1.79. The number of aromatic nitrogens is 3. The monoisotopic (exact) mass is 244 g/mol. The van der Waals surface area contributed by atoms with Gasteiger partial charge in [0.25, 0.3) is 0 Å². The van der Waals surface area contributed by atoms with Gasteiger partial charge in [-0.25, -0.2) is 4.68 Å². The Morgan fingerprint density at radius 2 is 2.33 bits per heavy atom. The molecule has 1 fully saturated rings. The van der Waals surface area contributed by atoms with Crippen molar-refractivity contribution < 1.29 is 4.74 Å². The average molecular weight is 244 g/mol. The van der Waals surface area contributed by atoms with Crippen LogP contribution in [0.25, 0.3) is 5.69 Å². The number of benzene rings is 1. The maximum Gasteiger partial charge on any atom is 0.121 e. The summed E-state index contributed by atoms with van der Waals surface area (Å²) in [5, 5.41) is 11.7. The van der Waals surface area contributed by atoms with E-state index in [1.165, 1.54) is 12.8 Å². The Kier molecular flexibility index (Phi) is 2.98. The van der Waals surface area contributed by atoms with Crippen molar-refractivity contribution in [1.82, 2.24) is 20.3 Å². The van der Waals surface area contributed by atoms with Gasteiger partial charge in [-0.05, 0) is 25.0 Å². The Balaban J connectivity index is 1.74. The van der Waals surface area contributed by atoms with Gasteiger partial charge in [-0.15, -0.1) is 5.10 Å². The van der Waals surface area contributed by atoms with E-state index >= 15 is 0 Å². The molecule has 1 aromatic heterocycles. The molecule has 94 valence electrons. The molecule has 0 bridgehead atoms. The lowest BCUT2D eigenvalue weighted by molar-refractivity contribution is 0.414. The van der Waals surface area contributed by atoms with Crippen LogP contribution in [-0.4, -0.2) is 28.1 Å².